The first kappa shape index (κ1) is 24.3. The van der Waals surface area contributed by atoms with Crippen molar-refractivity contribution in [1.82, 2.24) is 19.4 Å². The Bertz CT molecular complexity index is 860. The molecule has 0 spiro atoms. The third-order valence-corrected chi connectivity index (χ3v) is 4.79. The molecule has 3 rings (SSSR count). The number of aryl methyl sites for hydroxylation is 2. The Morgan fingerprint density at radius 3 is 2.16 bits per heavy atom. The van der Waals surface area contributed by atoms with E-state index < -0.39 is 12.1 Å². The molecule has 170 valence electrons. The number of carboxylic acid groups (broad SMARTS) is 1. The third kappa shape index (κ3) is 8.00. The van der Waals surface area contributed by atoms with Crippen molar-refractivity contribution in [3.63, 3.8) is 0 Å². The van der Waals surface area contributed by atoms with Crippen molar-refractivity contribution < 1.29 is 32.3 Å². The highest BCUT2D eigenvalue weighted by Gasteiger charge is 2.38. The molecule has 31 heavy (non-hydrogen) atoms. The summed E-state index contributed by atoms with van der Waals surface area (Å²) >= 11 is 0. The quantitative estimate of drug-likeness (QED) is 0.717. The van der Waals surface area contributed by atoms with Gasteiger partial charge in [0.2, 0.25) is 5.91 Å². The maximum absolute atomic E-state index is 12.9. The largest absolute Gasteiger partial charge is 0.490 e. The summed E-state index contributed by atoms with van der Waals surface area (Å²) in [7, 11) is 2.00. The summed E-state index contributed by atoms with van der Waals surface area (Å²) in [6.45, 7) is 4.07. The van der Waals surface area contributed by atoms with Gasteiger partial charge >= 0.3 is 12.1 Å². The molecule has 1 saturated heterocycles. The van der Waals surface area contributed by atoms with Crippen LogP contribution in [0.15, 0.2) is 36.7 Å². The SMILES string of the molecule is Cn1ccnc1CN1CCN(C(=O)CCc2ccc(F)cc2)CC1.O=C(O)C(F)(F)F. The highest BCUT2D eigenvalue weighted by atomic mass is 19.4. The fourth-order valence-electron chi connectivity index (χ4n) is 2.96. The van der Waals surface area contributed by atoms with Crippen molar-refractivity contribution >= 4 is 11.9 Å². The molecule has 0 saturated carbocycles. The molecule has 0 radical (unpaired) electrons. The van der Waals surface area contributed by atoms with Crippen molar-refractivity contribution in [3.05, 3.63) is 53.9 Å². The molecule has 2 aromatic rings. The van der Waals surface area contributed by atoms with E-state index in [2.05, 4.69) is 9.88 Å². The van der Waals surface area contributed by atoms with Gasteiger partial charge in [0.25, 0.3) is 0 Å². The number of benzene rings is 1. The predicted octanol–water partition coefficient (Wildman–Crippen LogP) is 2.47. The van der Waals surface area contributed by atoms with Crippen molar-refractivity contribution in [2.75, 3.05) is 26.2 Å². The Balaban J connectivity index is 0.000000423. The number of carboxylic acids is 1. The summed E-state index contributed by atoms with van der Waals surface area (Å²) in [5, 5.41) is 7.12. The number of nitrogens with zero attached hydrogens (tertiary/aromatic N) is 4. The van der Waals surface area contributed by atoms with E-state index in [0.717, 1.165) is 44.1 Å². The number of carbonyl (C=O) groups is 2. The molecule has 1 N–H and O–H groups in total. The Morgan fingerprint density at radius 2 is 1.68 bits per heavy atom. The summed E-state index contributed by atoms with van der Waals surface area (Å²) in [6.07, 6.45) is -0.188. The lowest BCUT2D eigenvalue weighted by atomic mass is 10.1. The van der Waals surface area contributed by atoms with E-state index in [9.17, 15) is 22.4 Å². The molecule has 0 bridgehead atoms. The van der Waals surface area contributed by atoms with Crippen molar-refractivity contribution in [2.45, 2.75) is 25.6 Å². The number of piperazine rings is 1. The summed E-state index contributed by atoms with van der Waals surface area (Å²) in [6, 6.07) is 6.37. The number of alkyl halides is 3. The van der Waals surface area contributed by atoms with E-state index in [4.69, 9.17) is 9.90 Å². The Morgan fingerprint density at radius 1 is 1.10 bits per heavy atom. The van der Waals surface area contributed by atoms with Gasteiger partial charge in [0.05, 0.1) is 6.54 Å². The van der Waals surface area contributed by atoms with Crippen LogP contribution in [0.25, 0.3) is 0 Å². The number of rotatable bonds is 5. The first-order valence-corrected chi connectivity index (χ1v) is 9.57. The lowest BCUT2D eigenvalue weighted by Gasteiger charge is -2.34. The van der Waals surface area contributed by atoms with E-state index in [1.54, 1.807) is 12.1 Å². The maximum atomic E-state index is 12.9. The van der Waals surface area contributed by atoms with Crippen LogP contribution in [0.4, 0.5) is 17.6 Å². The van der Waals surface area contributed by atoms with Crippen LogP contribution >= 0.6 is 0 Å². The van der Waals surface area contributed by atoms with Gasteiger partial charge in [-0.2, -0.15) is 13.2 Å². The van der Waals surface area contributed by atoms with Gasteiger partial charge in [-0.25, -0.2) is 14.2 Å². The standard InChI is InChI=1S/C18H23FN4O.C2HF3O2/c1-21-9-8-20-17(21)14-22-10-12-23(13-11-22)18(24)7-4-15-2-5-16(19)6-3-15;3-2(4,5)1(6)7/h2-3,5-6,8-9H,4,7,10-14H2,1H3;(H,6,7). The van der Waals surface area contributed by atoms with Gasteiger partial charge in [-0.1, -0.05) is 12.1 Å². The Kier molecular flexibility index (Phi) is 8.55. The van der Waals surface area contributed by atoms with Crippen LogP contribution in [-0.2, 0) is 29.6 Å². The molecule has 2 heterocycles. The number of carbonyl (C=O) groups excluding carboxylic acids is 1. The van der Waals surface area contributed by atoms with Crippen LogP contribution in [0.5, 0.6) is 0 Å². The fraction of sp³-hybridized carbons (Fsp3) is 0.450. The van der Waals surface area contributed by atoms with Crippen LogP contribution < -0.4 is 0 Å². The van der Waals surface area contributed by atoms with E-state index in [1.807, 2.05) is 28.9 Å². The molecule has 0 atom stereocenters. The molecule has 7 nitrogen and oxygen atoms in total. The zero-order chi connectivity index (χ0) is 23.0. The normalized spacial score (nSPS) is 14.7. The zero-order valence-corrected chi connectivity index (χ0v) is 17.0. The molecule has 1 aliphatic heterocycles. The summed E-state index contributed by atoms with van der Waals surface area (Å²) in [5.41, 5.74) is 0.998. The van der Waals surface area contributed by atoms with E-state index in [1.165, 1.54) is 12.1 Å². The highest BCUT2D eigenvalue weighted by molar-refractivity contribution is 5.76. The number of halogens is 4. The maximum Gasteiger partial charge on any atom is 0.490 e. The predicted molar refractivity (Wildman–Crippen MR) is 103 cm³/mol. The average molecular weight is 444 g/mol. The number of aliphatic carboxylic acids is 1. The number of hydrogen-bond donors (Lipinski definition) is 1. The van der Waals surface area contributed by atoms with E-state index >= 15 is 0 Å². The number of imidazole rings is 1. The molecule has 1 amide bonds. The molecule has 1 aromatic carbocycles. The molecule has 11 heteroatoms. The molecule has 1 aromatic heterocycles. The fourth-order valence-corrected chi connectivity index (χ4v) is 2.96. The van der Waals surface area contributed by atoms with Crippen LogP contribution in [-0.4, -0.2) is 68.7 Å². The Hall–Kier alpha value is -2.95. The number of aromatic nitrogens is 2. The number of hydrogen-bond acceptors (Lipinski definition) is 4. The summed E-state index contributed by atoms with van der Waals surface area (Å²) in [4.78, 5) is 29.8. The van der Waals surface area contributed by atoms with Crippen LogP contribution in [0.1, 0.15) is 17.8 Å². The van der Waals surface area contributed by atoms with Crippen molar-refractivity contribution in [2.24, 2.45) is 7.05 Å². The second-order valence-electron chi connectivity index (χ2n) is 7.04. The molecule has 0 unspecified atom stereocenters. The zero-order valence-electron chi connectivity index (χ0n) is 17.0. The molecule has 1 fully saturated rings. The molecule has 0 aliphatic carbocycles. The molecular formula is C20H24F4N4O3. The second-order valence-corrected chi connectivity index (χ2v) is 7.04. The lowest BCUT2D eigenvalue weighted by Crippen LogP contribution is -2.48. The third-order valence-electron chi connectivity index (χ3n) is 4.79. The van der Waals surface area contributed by atoms with Gasteiger partial charge in [0.15, 0.2) is 0 Å². The first-order valence-electron chi connectivity index (χ1n) is 9.57. The van der Waals surface area contributed by atoms with Crippen molar-refractivity contribution in [1.29, 1.82) is 0 Å². The van der Waals surface area contributed by atoms with Gasteiger partial charge in [-0.05, 0) is 24.1 Å². The minimum atomic E-state index is -5.08. The van der Waals surface area contributed by atoms with E-state index in [0.29, 0.717) is 12.8 Å². The van der Waals surface area contributed by atoms with E-state index in [-0.39, 0.29) is 11.7 Å². The molecule has 1 aliphatic rings. The van der Waals surface area contributed by atoms with Crippen LogP contribution in [0, 0.1) is 5.82 Å². The lowest BCUT2D eigenvalue weighted by molar-refractivity contribution is -0.192. The highest BCUT2D eigenvalue weighted by Crippen LogP contribution is 2.13. The van der Waals surface area contributed by atoms with Gasteiger partial charge in [0.1, 0.15) is 11.6 Å². The van der Waals surface area contributed by atoms with Crippen LogP contribution in [0.3, 0.4) is 0 Å². The smallest absolute Gasteiger partial charge is 0.475 e. The number of amides is 1. The van der Waals surface area contributed by atoms with Crippen LogP contribution in [0.2, 0.25) is 0 Å². The van der Waals surface area contributed by atoms with Gasteiger partial charge in [-0.15, -0.1) is 0 Å². The Labute approximate surface area is 176 Å². The van der Waals surface area contributed by atoms with Crippen molar-refractivity contribution in [3.8, 4) is 0 Å². The van der Waals surface area contributed by atoms with Gasteiger partial charge < -0.3 is 14.6 Å². The van der Waals surface area contributed by atoms with Gasteiger partial charge in [-0.3, -0.25) is 9.69 Å². The monoisotopic (exact) mass is 444 g/mol. The first-order chi connectivity index (χ1) is 14.6. The average Bonchev–Trinajstić information content (AvgIpc) is 3.12. The summed E-state index contributed by atoms with van der Waals surface area (Å²) < 4.78 is 46.7. The molecular weight excluding hydrogens is 420 g/mol. The topological polar surface area (TPSA) is 78.7 Å². The second kappa shape index (κ2) is 10.9. The van der Waals surface area contributed by atoms with Gasteiger partial charge in [0, 0.05) is 52.0 Å². The minimum absolute atomic E-state index is 0.177. The minimum Gasteiger partial charge on any atom is -0.475 e. The summed E-state index contributed by atoms with van der Waals surface area (Å²) in [5.74, 6) is -1.77.